The van der Waals surface area contributed by atoms with E-state index in [2.05, 4.69) is 6.92 Å². The Kier molecular flexibility index (Phi) is 18.3. The van der Waals surface area contributed by atoms with Crippen molar-refractivity contribution in [1.29, 1.82) is 0 Å². The molecule has 0 aliphatic rings. The quantitative estimate of drug-likeness (QED) is 0.297. The fraction of sp³-hybridized carbons (Fsp3) is 1.00. The molecule has 0 saturated carbocycles. The maximum Gasteiger partial charge on any atom is 1.00 e. The summed E-state index contributed by atoms with van der Waals surface area (Å²) < 4.78 is 31.1. The molecule has 0 fully saturated rings. The van der Waals surface area contributed by atoms with Gasteiger partial charge in [0.1, 0.15) is 0 Å². The average Bonchev–Trinajstić information content (AvgIpc) is 2.32. The Bertz CT molecular complexity index is 294. The molecule has 0 aromatic heterocycles. The van der Waals surface area contributed by atoms with Gasteiger partial charge in [-0.3, -0.25) is 0 Å². The van der Waals surface area contributed by atoms with Crippen LogP contribution in [0.2, 0.25) is 0 Å². The first-order chi connectivity index (χ1) is 8.95. The first-order valence-electron chi connectivity index (χ1n) is 7.57. The predicted octanol–water partition coefficient (Wildman–Crippen LogP) is 0.208. The molecule has 0 saturated heterocycles. The first kappa shape index (κ1) is 23.8. The summed E-state index contributed by atoms with van der Waals surface area (Å²) >= 11 is 0. The molecule has 116 valence electrons. The number of hydrogen-bond acceptors (Lipinski definition) is 4. The zero-order chi connectivity index (χ0) is 14.6. The summed E-state index contributed by atoms with van der Waals surface area (Å²) in [5, 5.41) is 9.74. The number of aliphatic hydroxyl groups excluding tert-OH is 1. The van der Waals surface area contributed by atoms with E-state index in [1.807, 2.05) is 0 Å². The Morgan fingerprint density at radius 1 is 0.900 bits per heavy atom. The molecule has 0 spiro atoms. The predicted molar refractivity (Wildman–Crippen MR) is 77.0 cm³/mol. The van der Waals surface area contributed by atoms with Crippen molar-refractivity contribution in [2.75, 3.05) is 5.75 Å². The molecular weight excluding hydrogens is 303 g/mol. The second kappa shape index (κ2) is 15.4. The van der Waals surface area contributed by atoms with Gasteiger partial charge in [0.15, 0.2) is 0 Å². The van der Waals surface area contributed by atoms with E-state index in [9.17, 15) is 18.1 Å². The van der Waals surface area contributed by atoms with Crippen LogP contribution in [-0.4, -0.2) is 29.9 Å². The van der Waals surface area contributed by atoms with Crippen LogP contribution in [0, 0.1) is 0 Å². The fourth-order valence-electron chi connectivity index (χ4n) is 2.14. The van der Waals surface area contributed by atoms with Crippen LogP contribution in [0.4, 0.5) is 0 Å². The van der Waals surface area contributed by atoms with Crippen LogP contribution in [0.15, 0.2) is 0 Å². The minimum Gasteiger partial charge on any atom is -0.748 e. The summed E-state index contributed by atoms with van der Waals surface area (Å²) in [7, 11) is -4.04. The fourth-order valence-corrected chi connectivity index (χ4v) is 2.70. The van der Waals surface area contributed by atoms with E-state index in [1.54, 1.807) is 0 Å². The van der Waals surface area contributed by atoms with Gasteiger partial charge in [0.2, 0.25) is 0 Å². The van der Waals surface area contributed by atoms with Crippen LogP contribution in [0.1, 0.15) is 77.6 Å². The molecule has 1 unspecified atom stereocenters. The van der Waals surface area contributed by atoms with E-state index in [0.717, 1.165) is 44.9 Å². The van der Waals surface area contributed by atoms with E-state index in [-0.39, 0.29) is 63.2 Å². The van der Waals surface area contributed by atoms with E-state index in [0.29, 0.717) is 6.42 Å². The van der Waals surface area contributed by atoms with Crippen molar-refractivity contribution in [3.05, 3.63) is 0 Å². The average molecular weight is 333 g/mol. The monoisotopic (exact) mass is 332 g/mol. The van der Waals surface area contributed by atoms with Gasteiger partial charge in [0.25, 0.3) is 0 Å². The van der Waals surface area contributed by atoms with Crippen LogP contribution >= 0.6 is 0 Å². The largest absolute Gasteiger partial charge is 1.00 e. The molecule has 0 radical (unpaired) electrons. The Balaban J connectivity index is 0. The molecule has 0 rings (SSSR count). The summed E-state index contributed by atoms with van der Waals surface area (Å²) in [4.78, 5) is 0. The van der Waals surface area contributed by atoms with Crippen LogP contribution in [-0.2, 0) is 10.1 Å². The van der Waals surface area contributed by atoms with E-state index < -0.39 is 10.1 Å². The second-order valence-electron chi connectivity index (χ2n) is 5.32. The van der Waals surface area contributed by atoms with Crippen molar-refractivity contribution >= 4 is 10.1 Å². The van der Waals surface area contributed by atoms with Gasteiger partial charge < -0.3 is 9.66 Å². The van der Waals surface area contributed by atoms with Gasteiger partial charge >= 0.3 is 51.4 Å². The standard InChI is InChI=1S/C14H30O4S.K/c1-2-3-4-8-11-14(15)12-9-6-5-7-10-13-19(16,17)18;/h14-15H,2-13H2,1H3,(H,16,17,18);/q;+1/p-1. The topological polar surface area (TPSA) is 77.4 Å². The van der Waals surface area contributed by atoms with Gasteiger partial charge in [0, 0.05) is 5.75 Å². The minimum absolute atomic E-state index is 0. The molecule has 0 aliphatic heterocycles. The third-order valence-corrected chi connectivity index (χ3v) is 4.11. The van der Waals surface area contributed by atoms with Gasteiger partial charge in [-0.15, -0.1) is 0 Å². The molecule has 1 N–H and O–H groups in total. The Labute approximate surface area is 167 Å². The second-order valence-corrected chi connectivity index (χ2v) is 6.85. The van der Waals surface area contributed by atoms with Gasteiger partial charge in [-0.1, -0.05) is 58.3 Å². The number of aliphatic hydroxyl groups is 1. The molecular formula is C14H29KO4S. The van der Waals surface area contributed by atoms with E-state index >= 15 is 0 Å². The minimum atomic E-state index is -4.04. The van der Waals surface area contributed by atoms with Crippen LogP contribution < -0.4 is 51.4 Å². The van der Waals surface area contributed by atoms with Crippen LogP contribution in [0.25, 0.3) is 0 Å². The molecule has 0 aliphatic carbocycles. The smallest absolute Gasteiger partial charge is 0.748 e. The maximum absolute atomic E-state index is 10.4. The van der Waals surface area contributed by atoms with Gasteiger partial charge in [0.05, 0.1) is 16.2 Å². The first-order valence-corrected chi connectivity index (χ1v) is 9.15. The normalized spacial score (nSPS) is 12.9. The van der Waals surface area contributed by atoms with Crippen molar-refractivity contribution < 1.29 is 69.5 Å². The molecule has 0 bridgehead atoms. The van der Waals surface area contributed by atoms with Crippen LogP contribution in [0.5, 0.6) is 0 Å². The summed E-state index contributed by atoms with van der Waals surface area (Å²) in [5.74, 6) is -0.243. The molecule has 0 heterocycles. The summed E-state index contributed by atoms with van der Waals surface area (Å²) in [5.41, 5.74) is 0. The van der Waals surface area contributed by atoms with Gasteiger partial charge in [-0.05, 0) is 19.3 Å². The molecule has 20 heavy (non-hydrogen) atoms. The Hall–Kier alpha value is 1.51. The molecule has 0 amide bonds. The van der Waals surface area contributed by atoms with Crippen LogP contribution in [0.3, 0.4) is 0 Å². The van der Waals surface area contributed by atoms with Gasteiger partial charge in [-0.2, -0.15) is 0 Å². The molecule has 6 heteroatoms. The zero-order valence-electron chi connectivity index (χ0n) is 13.1. The summed E-state index contributed by atoms with van der Waals surface area (Å²) in [6.07, 6.45) is 10.5. The van der Waals surface area contributed by atoms with Crippen molar-refractivity contribution in [2.45, 2.75) is 83.7 Å². The maximum atomic E-state index is 10.4. The molecule has 0 aromatic carbocycles. The number of unbranched alkanes of at least 4 members (excludes halogenated alkanes) is 7. The molecule has 0 aromatic rings. The Morgan fingerprint density at radius 2 is 1.35 bits per heavy atom. The zero-order valence-corrected chi connectivity index (χ0v) is 17.1. The third-order valence-electron chi connectivity index (χ3n) is 3.32. The summed E-state index contributed by atoms with van der Waals surface area (Å²) in [6.45, 7) is 2.18. The van der Waals surface area contributed by atoms with Crippen molar-refractivity contribution in [3.8, 4) is 0 Å². The molecule has 4 nitrogen and oxygen atoms in total. The van der Waals surface area contributed by atoms with E-state index in [4.69, 9.17) is 0 Å². The van der Waals surface area contributed by atoms with Crippen molar-refractivity contribution in [2.24, 2.45) is 0 Å². The third kappa shape index (κ3) is 19.5. The number of hydrogen-bond donors (Lipinski definition) is 1. The summed E-state index contributed by atoms with van der Waals surface area (Å²) in [6, 6.07) is 0. The number of rotatable bonds is 13. The SMILES string of the molecule is CCCCCCC(O)CCCCCCCS(=O)(=O)[O-].[K+]. The Morgan fingerprint density at radius 3 is 1.85 bits per heavy atom. The van der Waals surface area contributed by atoms with Gasteiger partial charge in [-0.25, -0.2) is 8.42 Å². The van der Waals surface area contributed by atoms with Crippen molar-refractivity contribution in [3.63, 3.8) is 0 Å². The van der Waals surface area contributed by atoms with Crippen molar-refractivity contribution in [1.82, 2.24) is 0 Å². The molecule has 1 atom stereocenters. The van der Waals surface area contributed by atoms with E-state index in [1.165, 1.54) is 19.3 Å².